The zero-order valence-corrected chi connectivity index (χ0v) is 8.21. The maximum absolute atomic E-state index is 10.4. The number of rotatable bonds is 3. The molecule has 0 aliphatic carbocycles. The highest BCUT2D eigenvalue weighted by molar-refractivity contribution is 5.69. The van der Waals surface area contributed by atoms with Gasteiger partial charge in [0.1, 0.15) is 12.6 Å². The van der Waals surface area contributed by atoms with Crippen LogP contribution >= 0.6 is 0 Å². The molecule has 1 aliphatic rings. The fraction of sp³-hybridized carbons (Fsp3) is 0.889. The SMILES string of the molecule is C[C@@H](O[C@H]1CCC[NH+](C)C1)C(=O)[O-]. The van der Waals surface area contributed by atoms with E-state index in [1.54, 1.807) is 0 Å². The standard InChI is InChI=1S/C9H17NO3/c1-7(9(11)12)13-8-4-3-5-10(2)6-8/h7-8H,3-6H2,1-2H3,(H,11,12)/t7-,8+/m1/s1. The van der Waals surface area contributed by atoms with E-state index in [0.29, 0.717) is 0 Å². The van der Waals surface area contributed by atoms with Crippen molar-refractivity contribution in [3.63, 3.8) is 0 Å². The number of carbonyl (C=O) groups is 1. The van der Waals surface area contributed by atoms with E-state index in [1.807, 2.05) is 0 Å². The zero-order valence-electron chi connectivity index (χ0n) is 8.21. The summed E-state index contributed by atoms with van der Waals surface area (Å²) in [5.41, 5.74) is 0. The van der Waals surface area contributed by atoms with Crippen molar-refractivity contribution in [3.05, 3.63) is 0 Å². The van der Waals surface area contributed by atoms with E-state index in [9.17, 15) is 9.90 Å². The molecule has 0 aromatic heterocycles. The molecule has 1 rings (SSSR count). The number of likely N-dealkylation sites (tertiary alicyclic amines) is 1. The molecule has 0 aromatic rings. The molecule has 3 atom stereocenters. The van der Waals surface area contributed by atoms with E-state index in [1.165, 1.54) is 11.8 Å². The molecule has 4 heteroatoms. The van der Waals surface area contributed by atoms with Gasteiger partial charge in [0.15, 0.2) is 0 Å². The molecule has 76 valence electrons. The molecule has 1 N–H and O–H groups in total. The smallest absolute Gasteiger partial charge is 0.107 e. The van der Waals surface area contributed by atoms with E-state index in [-0.39, 0.29) is 6.10 Å². The fourth-order valence-electron chi connectivity index (χ4n) is 1.68. The van der Waals surface area contributed by atoms with Crippen molar-refractivity contribution in [1.82, 2.24) is 0 Å². The lowest BCUT2D eigenvalue weighted by molar-refractivity contribution is -0.888. The molecule has 13 heavy (non-hydrogen) atoms. The fourth-order valence-corrected chi connectivity index (χ4v) is 1.68. The van der Waals surface area contributed by atoms with Gasteiger partial charge in [-0.3, -0.25) is 0 Å². The average molecular weight is 187 g/mol. The largest absolute Gasteiger partial charge is 0.547 e. The van der Waals surface area contributed by atoms with Crippen LogP contribution in [0.4, 0.5) is 0 Å². The van der Waals surface area contributed by atoms with Crippen LogP contribution in [0.25, 0.3) is 0 Å². The van der Waals surface area contributed by atoms with Crippen LogP contribution in [-0.2, 0) is 9.53 Å². The Hall–Kier alpha value is -0.610. The van der Waals surface area contributed by atoms with Crippen molar-refractivity contribution in [3.8, 4) is 0 Å². The van der Waals surface area contributed by atoms with Crippen molar-refractivity contribution in [2.75, 3.05) is 20.1 Å². The number of carbonyl (C=O) groups excluding carboxylic acids is 1. The van der Waals surface area contributed by atoms with Crippen molar-refractivity contribution in [1.29, 1.82) is 0 Å². The second-order valence-corrected chi connectivity index (χ2v) is 3.77. The van der Waals surface area contributed by atoms with Gasteiger partial charge in [0.05, 0.1) is 25.7 Å². The average Bonchev–Trinajstić information content (AvgIpc) is 2.04. The van der Waals surface area contributed by atoms with Crippen LogP contribution in [0, 0.1) is 0 Å². The Morgan fingerprint density at radius 1 is 1.69 bits per heavy atom. The molecule has 0 radical (unpaired) electrons. The van der Waals surface area contributed by atoms with E-state index in [4.69, 9.17) is 4.74 Å². The van der Waals surface area contributed by atoms with Crippen LogP contribution in [0.1, 0.15) is 19.8 Å². The number of ether oxygens (including phenoxy) is 1. The van der Waals surface area contributed by atoms with Gasteiger partial charge in [0.25, 0.3) is 0 Å². The summed E-state index contributed by atoms with van der Waals surface area (Å²) in [4.78, 5) is 11.8. The molecule has 0 spiro atoms. The summed E-state index contributed by atoms with van der Waals surface area (Å²) in [6.07, 6.45) is 1.38. The second kappa shape index (κ2) is 4.58. The second-order valence-electron chi connectivity index (χ2n) is 3.77. The molecule has 1 aliphatic heterocycles. The number of carboxylic acids is 1. The Morgan fingerprint density at radius 2 is 2.38 bits per heavy atom. The molecule has 0 saturated carbocycles. The first-order valence-electron chi connectivity index (χ1n) is 4.77. The Bertz CT molecular complexity index is 184. The lowest BCUT2D eigenvalue weighted by Crippen LogP contribution is -3.11. The number of hydrogen-bond acceptors (Lipinski definition) is 3. The first-order valence-corrected chi connectivity index (χ1v) is 4.77. The van der Waals surface area contributed by atoms with Crippen molar-refractivity contribution >= 4 is 5.97 Å². The van der Waals surface area contributed by atoms with Gasteiger partial charge in [0.2, 0.25) is 0 Å². The van der Waals surface area contributed by atoms with E-state index < -0.39 is 12.1 Å². The summed E-state index contributed by atoms with van der Waals surface area (Å²) >= 11 is 0. The Kier molecular flexibility index (Phi) is 3.69. The first-order chi connectivity index (χ1) is 6.09. The number of carboxylic acid groups (broad SMARTS) is 1. The number of piperidine rings is 1. The minimum absolute atomic E-state index is 0.0849. The third-order valence-electron chi connectivity index (χ3n) is 2.43. The third-order valence-corrected chi connectivity index (χ3v) is 2.43. The first kappa shape index (κ1) is 10.5. The number of aliphatic carboxylic acids is 1. The van der Waals surface area contributed by atoms with Gasteiger partial charge in [-0.1, -0.05) is 0 Å². The van der Waals surface area contributed by atoms with E-state index in [2.05, 4.69) is 7.05 Å². The van der Waals surface area contributed by atoms with Crippen LogP contribution in [0.15, 0.2) is 0 Å². The van der Waals surface area contributed by atoms with Crippen LogP contribution in [0.5, 0.6) is 0 Å². The van der Waals surface area contributed by atoms with Gasteiger partial charge in [0, 0.05) is 0 Å². The molecule has 0 amide bonds. The maximum atomic E-state index is 10.4. The summed E-state index contributed by atoms with van der Waals surface area (Å²) in [6.45, 7) is 3.58. The van der Waals surface area contributed by atoms with Crippen LogP contribution in [0.2, 0.25) is 0 Å². The van der Waals surface area contributed by atoms with Crippen LogP contribution in [-0.4, -0.2) is 38.3 Å². The van der Waals surface area contributed by atoms with Gasteiger partial charge in [-0.15, -0.1) is 0 Å². The van der Waals surface area contributed by atoms with Gasteiger partial charge in [-0.2, -0.15) is 0 Å². The summed E-state index contributed by atoms with van der Waals surface area (Å²) in [5, 5.41) is 10.4. The summed E-state index contributed by atoms with van der Waals surface area (Å²) < 4.78 is 5.34. The Balaban J connectivity index is 2.31. The van der Waals surface area contributed by atoms with Gasteiger partial charge < -0.3 is 19.5 Å². The Labute approximate surface area is 78.5 Å². The van der Waals surface area contributed by atoms with E-state index >= 15 is 0 Å². The number of nitrogens with one attached hydrogen (secondary N) is 1. The minimum atomic E-state index is -1.12. The zero-order chi connectivity index (χ0) is 9.84. The summed E-state index contributed by atoms with van der Waals surface area (Å²) in [5.74, 6) is -1.12. The molecular formula is C9H17NO3. The summed E-state index contributed by atoms with van der Waals surface area (Å²) in [7, 11) is 2.10. The summed E-state index contributed by atoms with van der Waals surface area (Å²) in [6, 6.07) is 0. The molecule has 1 heterocycles. The molecule has 0 aromatic carbocycles. The predicted octanol–water partition coefficient (Wildman–Crippen LogP) is -2.18. The quantitative estimate of drug-likeness (QED) is 0.546. The Morgan fingerprint density at radius 3 is 2.92 bits per heavy atom. The van der Waals surface area contributed by atoms with Crippen molar-refractivity contribution in [2.24, 2.45) is 0 Å². The van der Waals surface area contributed by atoms with Crippen molar-refractivity contribution < 1.29 is 19.5 Å². The van der Waals surface area contributed by atoms with Gasteiger partial charge >= 0.3 is 0 Å². The number of likely N-dealkylation sites (N-methyl/N-ethyl adjacent to an activating group) is 1. The van der Waals surface area contributed by atoms with Gasteiger partial charge in [-0.05, 0) is 19.8 Å². The number of hydrogen-bond donors (Lipinski definition) is 1. The normalized spacial score (nSPS) is 31.2. The van der Waals surface area contributed by atoms with Crippen LogP contribution in [0.3, 0.4) is 0 Å². The maximum Gasteiger partial charge on any atom is 0.107 e. The molecular weight excluding hydrogens is 170 g/mol. The molecule has 0 bridgehead atoms. The highest BCUT2D eigenvalue weighted by atomic mass is 16.5. The topological polar surface area (TPSA) is 53.8 Å². The van der Waals surface area contributed by atoms with E-state index in [0.717, 1.165) is 25.9 Å². The molecule has 1 unspecified atom stereocenters. The monoisotopic (exact) mass is 187 g/mol. The van der Waals surface area contributed by atoms with Crippen molar-refractivity contribution in [2.45, 2.75) is 32.0 Å². The highest BCUT2D eigenvalue weighted by Crippen LogP contribution is 2.05. The van der Waals surface area contributed by atoms with Crippen LogP contribution < -0.4 is 10.0 Å². The molecule has 1 fully saturated rings. The highest BCUT2D eigenvalue weighted by Gasteiger charge is 2.22. The lowest BCUT2D eigenvalue weighted by Gasteiger charge is -2.29. The number of quaternary nitrogens is 1. The lowest BCUT2D eigenvalue weighted by atomic mass is 10.1. The predicted molar refractivity (Wildman–Crippen MR) is 45.2 cm³/mol. The minimum Gasteiger partial charge on any atom is -0.547 e. The molecule has 4 nitrogen and oxygen atoms in total. The van der Waals surface area contributed by atoms with Gasteiger partial charge in [-0.25, -0.2) is 0 Å². The third kappa shape index (κ3) is 3.32. The molecule has 1 saturated heterocycles.